The lowest BCUT2D eigenvalue weighted by Crippen LogP contribution is -2.03. The number of carboxylic acids is 1. The Kier molecular flexibility index (Phi) is 4.20. The lowest BCUT2D eigenvalue weighted by molar-refractivity contribution is 0.0692. The molecule has 0 saturated heterocycles. The molecule has 3 N–H and O–H groups in total. The number of halogens is 3. The van der Waals surface area contributed by atoms with E-state index in [1.165, 1.54) is 16.6 Å². The van der Waals surface area contributed by atoms with Crippen molar-refractivity contribution in [2.45, 2.75) is 0 Å². The fourth-order valence-corrected chi connectivity index (χ4v) is 2.26. The summed E-state index contributed by atoms with van der Waals surface area (Å²) in [4.78, 5) is 15.0. The summed E-state index contributed by atoms with van der Waals surface area (Å²) in [6, 6.07) is 5.89. The molecule has 114 valence electrons. The molecular weight excluding hydrogens is 334 g/mol. The topological polar surface area (TPSA) is 93.5 Å². The van der Waals surface area contributed by atoms with Crippen LogP contribution in [0.4, 0.5) is 10.3 Å². The average molecular weight is 343 g/mol. The number of nitrogens with zero attached hydrogens (tertiary/aromatic N) is 3. The van der Waals surface area contributed by atoms with E-state index in [0.717, 1.165) is 0 Å². The predicted molar refractivity (Wildman–Crippen MR) is 82.0 cm³/mol. The zero-order chi connectivity index (χ0) is 15.1. The number of hydrogen-bond acceptors (Lipinski definition) is 4. The summed E-state index contributed by atoms with van der Waals surface area (Å²) in [6.45, 7) is 0. The number of nitrogens with two attached hydrogens (primary N) is 1. The number of hydrogen-bond donors (Lipinski definition) is 2. The fraction of sp³-hybridized carbons (Fsp3) is 0. The van der Waals surface area contributed by atoms with Crippen LogP contribution < -0.4 is 5.73 Å². The Morgan fingerprint density at radius 3 is 2.77 bits per heavy atom. The van der Waals surface area contributed by atoms with Gasteiger partial charge in [0.2, 0.25) is 5.95 Å². The minimum Gasteiger partial charge on any atom is -0.478 e. The summed E-state index contributed by atoms with van der Waals surface area (Å²) in [5.74, 6) is -2.23. The Labute approximate surface area is 134 Å². The maximum atomic E-state index is 14.3. The van der Waals surface area contributed by atoms with Gasteiger partial charge in [0.15, 0.2) is 5.65 Å². The first-order valence-electron chi connectivity index (χ1n) is 5.81. The lowest BCUT2D eigenvalue weighted by atomic mass is 10.0. The molecule has 0 aliphatic heterocycles. The molecule has 0 atom stereocenters. The predicted octanol–water partition coefficient (Wildman–Crippen LogP) is 2.89. The van der Waals surface area contributed by atoms with Crippen LogP contribution in [0.2, 0.25) is 5.02 Å². The number of nitrogen functional groups attached to an aromatic ring is 1. The molecule has 3 aromatic rings. The highest BCUT2D eigenvalue weighted by Crippen LogP contribution is 2.30. The number of aromatic carboxylic acids is 1. The Balaban J connectivity index is 0.00000176. The van der Waals surface area contributed by atoms with E-state index < -0.39 is 17.3 Å². The molecule has 0 saturated carbocycles. The van der Waals surface area contributed by atoms with Crippen LogP contribution >= 0.6 is 24.0 Å². The van der Waals surface area contributed by atoms with Gasteiger partial charge in [-0.15, -0.1) is 17.5 Å². The molecule has 3 rings (SSSR count). The van der Waals surface area contributed by atoms with Crippen LogP contribution in [0, 0.1) is 5.82 Å². The van der Waals surface area contributed by atoms with Crippen molar-refractivity contribution in [2.75, 3.05) is 5.73 Å². The first-order valence-corrected chi connectivity index (χ1v) is 6.19. The van der Waals surface area contributed by atoms with Crippen molar-refractivity contribution >= 4 is 41.6 Å². The molecule has 0 spiro atoms. The second-order valence-corrected chi connectivity index (χ2v) is 4.68. The number of carboxylic acid groups (broad SMARTS) is 1. The van der Waals surface area contributed by atoms with Crippen molar-refractivity contribution in [3.05, 3.63) is 46.9 Å². The number of pyridine rings is 1. The van der Waals surface area contributed by atoms with Gasteiger partial charge in [0, 0.05) is 11.8 Å². The van der Waals surface area contributed by atoms with Gasteiger partial charge in [-0.25, -0.2) is 13.7 Å². The number of anilines is 1. The number of aromatic nitrogens is 3. The highest BCUT2D eigenvalue weighted by atomic mass is 35.5. The Morgan fingerprint density at radius 1 is 1.36 bits per heavy atom. The van der Waals surface area contributed by atoms with Gasteiger partial charge in [-0.3, -0.25) is 0 Å². The van der Waals surface area contributed by atoms with Crippen LogP contribution in [0.5, 0.6) is 0 Å². The highest BCUT2D eigenvalue weighted by molar-refractivity contribution is 6.33. The van der Waals surface area contributed by atoms with Gasteiger partial charge < -0.3 is 10.8 Å². The third-order valence-electron chi connectivity index (χ3n) is 2.97. The Morgan fingerprint density at radius 2 is 2.09 bits per heavy atom. The maximum Gasteiger partial charge on any atom is 0.340 e. The normalized spacial score (nSPS) is 10.5. The van der Waals surface area contributed by atoms with Crippen LogP contribution in [0.25, 0.3) is 16.8 Å². The monoisotopic (exact) mass is 342 g/mol. The fourth-order valence-electron chi connectivity index (χ4n) is 2.04. The van der Waals surface area contributed by atoms with Gasteiger partial charge in [-0.2, -0.15) is 4.98 Å². The molecule has 0 amide bonds. The molecule has 2 heterocycles. The number of fused-ring (bicyclic) bond motifs is 1. The van der Waals surface area contributed by atoms with E-state index in [-0.39, 0.29) is 28.9 Å². The zero-order valence-electron chi connectivity index (χ0n) is 10.8. The minimum atomic E-state index is -1.42. The molecule has 9 heteroatoms. The zero-order valence-corrected chi connectivity index (χ0v) is 12.4. The molecule has 1 aromatic carbocycles. The summed E-state index contributed by atoms with van der Waals surface area (Å²) < 4.78 is 15.8. The molecular formula is C13H9Cl2FN4O2. The summed E-state index contributed by atoms with van der Waals surface area (Å²) in [5.41, 5.74) is 5.91. The third-order valence-corrected chi connectivity index (χ3v) is 3.28. The SMILES string of the molecule is Cl.Nc1nc2cc(-c3ccc(Cl)c(C(=O)O)c3F)ccn2n1. The van der Waals surface area contributed by atoms with Crippen molar-refractivity contribution in [3.63, 3.8) is 0 Å². The van der Waals surface area contributed by atoms with Crippen LogP contribution in [-0.2, 0) is 0 Å². The van der Waals surface area contributed by atoms with Gasteiger partial charge in [-0.1, -0.05) is 11.6 Å². The van der Waals surface area contributed by atoms with Gasteiger partial charge >= 0.3 is 5.97 Å². The molecule has 0 aliphatic carbocycles. The largest absolute Gasteiger partial charge is 0.478 e. The minimum absolute atomic E-state index is 0. The lowest BCUT2D eigenvalue weighted by Gasteiger charge is -2.07. The standard InChI is InChI=1S/C13H8ClFN4O2.ClH/c14-8-2-1-7(11(15)10(8)12(20)21)6-3-4-19-9(5-6)17-13(16)18-19;/h1-5H,(H2,16,18)(H,20,21);1H. The van der Waals surface area contributed by atoms with Gasteiger partial charge in [0.25, 0.3) is 0 Å². The van der Waals surface area contributed by atoms with Crippen LogP contribution in [0.3, 0.4) is 0 Å². The Bertz CT molecular complexity index is 882. The molecule has 0 aliphatic rings. The smallest absolute Gasteiger partial charge is 0.340 e. The molecule has 0 unspecified atom stereocenters. The van der Waals surface area contributed by atoms with Gasteiger partial charge in [0.1, 0.15) is 11.4 Å². The summed E-state index contributed by atoms with van der Waals surface area (Å²) >= 11 is 5.72. The van der Waals surface area contributed by atoms with Crippen molar-refractivity contribution < 1.29 is 14.3 Å². The van der Waals surface area contributed by atoms with Crippen molar-refractivity contribution in [1.29, 1.82) is 0 Å². The molecule has 2 aromatic heterocycles. The molecule has 0 bridgehead atoms. The second kappa shape index (κ2) is 5.78. The maximum absolute atomic E-state index is 14.3. The van der Waals surface area contributed by atoms with Crippen LogP contribution in [0.1, 0.15) is 10.4 Å². The first kappa shape index (κ1) is 16.0. The number of carbonyl (C=O) groups is 1. The average Bonchev–Trinajstić information content (AvgIpc) is 2.77. The second-order valence-electron chi connectivity index (χ2n) is 4.28. The molecule has 0 fully saturated rings. The number of benzene rings is 1. The highest BCUT2D eigenvalue weighted by Gasteiger charge is 2.19. The summed E-state index contributed by atoms with van der Waals surface area (Å²) in [7, 11) is 0. The Hall–Kier alpha value is -2.38. The van der Waals surface area contributed by atoms with Crippen molar-refractivity contribution in [3.8, 4) is 11.1 Å². The third kappa shape index (κ3) is 2.56. The summed E-state index contributed by atoms with van der Waals surface area (Å²) in [6.07, 6.45) is 1.56. The first-order chi connectivity index (χ1) is 9.97. The van der Waals surface area contributed by atoms with E-state index in [9.17, 15) is 9.18 Å². The quantitative estimate of drug-likeness (QED) is 0.746. The van der Waals surface area contributed by atoms with Crippen molar-refractivity contribution in [1.82, 2.24) is 14.6 Å². The number of rotatable bonds is 2. The van der Waals surface area contributed by atoms with E-state index in [2.05, 4.69) is 10.1 Å². The van der Waals surface area contributed by atoms with E-state index in [1.54, 1.807) is 18.3 Å². The molecule has 0 radical (unpaired) electrons. The van der Waals surface area contributed by atoms with Crippen molar-refractivity contribution in [2.24, 2.45) is 0 Å². The van der Waals surface area contributed by atoms with E-state index >= 15 is 0 Å². The van der Waals surface area contributed by atoms with E-state index in [0.29, 0.717) is 11.2 Å². The molecule has 6 nitrogen and oxygen atoms in total. The summed E-state index contributed by atoms with van der Waals surface area (Å²) in [5, 5.41) is 12.8. The van der Waals surface area contributed by atoms with Crippen LogP contribution in [-0.4, -0.2) is 25.7 Å². The molecule has 22 heavy (non-hydrogen) atoms. The van der Waals surface area contributed by atoms with Gasteiger partial charge in [0.05, 0.1) is 5.02 Å². The van der Waals surface area contributed by atoms with Gasteiger partial charge in [-0.05, 0) is 29.8 Å². The van der Waals surface area contributed by atoms with Crippen LogP contribution in [0.15, 0.2) is 30.5 Å². The van der Waals surface area contributed by atoms with E-state index in [4.69, 9.17) is 22.4 Å². The van der Waals surface area contributed by atoms with E-state index in [1.807, 2.05) is 0 Å².